The van der Waals surface area contributed by atoms with Crippen molar-refractivity contribution in [2.45, 2.75) is 36.2 Å². The highest BCUT2D eigenvalue weighted by Crippen LogP contribution is 2.33. The summed E-state index contributed by atoms with van der Waals surface area (Å²) in [6.45, 7) is 1.13. The average molecular weight is 383 g/mol. The highest BCUT2D eigenvalue weighted by Gasteiger charge is 2.35. The largest absolute Gasteiger partial charge is 0.496 e. The van der Waals surface area contributed by atoms with Gasteiger partial charge in [0.05, 0.1) is 12.0 Å². The number of benzene rings is 2. The predicted molar refractivity (Wildman–Crippen MR) is 101 cm³/mol. The maximum Gasteiger partial charge on any atom is 0.243 e. The molecule has 2 atom stereocenters. The van der Waals surface area contributed by atoms with Crippen LogP contribution >= 0.6 is 12.4 Å². The van der Waals surface area contributed by atoms with Crippen LogP contribution < -0.4 is 10.1 Å². The molecular weight excluding hydrogens is 360 g/mol. The third-order valence-electron chi connectivity index (χ3n) is 5.17. The van der Waals surface area contributed by atoms with Crippen LogP contribution in [0.4, 0.5) is 0 Å². The summed E-state index contributed by atoms with van der Waals surface area (Å²) in [5, 5.41) is 5.09. The molecule has 2 aromatic carbocycles. The van der Waals surface area contributed by atoms with Gasteiger partial charge in [0.1, 0.15) is 5.75 Å². The first-order chi connectivity index (χ1) is 11.6. The maximum absolute atomic E-state index is 13.3. The summed E-state index contributed by atoms with van der Waals surface area (Å²) < 4.78 is 33.6. The Morgan fingerprint density at radius 3 is 2.52 bits per heavy atom. The van der Waals surface area contributed by atoms with Crippen molar-refractivity contribution in [2.75, 3.05) is 20.2 Å². The highest BCUT2D eigenvalue weighted by molar-refractivity contribution is 7.89. The Morgan fingerprint density at radius 2 is 1.76 bits per heavy atom. The van der Waals surface area contributed by atoms with Crippen LogP contribution in [-0.4, -0.2) is 45.0 Å². The molecule has 0 aromatic heterocycles. The Labute approximate surface area is 154 Å². The number of rotatable bonds is 3. The fraction of sp³-hybridized carbons (Fsp3) is 0.444. The van der Waals surface area contributed by atoms with Crippen LogP contribution in [0.1, 0.15) is 19.3 Å². The number of methoxy groups -OCH3 is 1. The standard InChI is InChI=1S/C18H22N2O3S.ClH/c1-23-17-8-9-18(16-5-3-2-4-15(16)17)24(21,22)20-11-10-13-6-7-14(12-20)19-13;/h2-5,8-9,13-14,19H,6-7,10-12H2,1H3;1H. The fourth-order valence-corrected chi connectivity index (χ4v) is 5.61. The second kappa shape index (κ2) is 7.11. The molecule has 2 aliphatic rings. The van der Waals surface area contributed by atoms with E-state index in [1.54, 1.807) is 23.5 Å². The summed E-state index contributed by atoms with van der Waals surface area (Å²) in [5.74, 6) is 0.695. The van der Waals surface area contributed by atoms with Crippen LogP contribution in [0.2, 0.25) is 0 Å². The number of fused-ring (bicyclic) bond motifs is 3. The van der Waals surface area contributed by atoms with Gasteiger partial charge in [-0.1, -0.05) is 24.3 Å². The van der Waals surface area contributed by atoms with Crippen LogP contribution in [-0.2, 0) is 10.0 Å². The molecule has 0 aliphatic carbocycles. The summed E-state index contributed by atoms with van der Waals surface area (Å²) in [5.41, 5.74) is 0. The zero-order valence-corrected chi connectivity index (χ0v) is 15.8. The molecule has 7 heteroatoms. The minimum atomic E-state index is -3.52. The van der Waals surface area contributed by atoms with E-state index in [-0.39, 0.29) is 18.4 Å². The van der Waals surface area contributed by atoms with E-state index in [0.29, 0.717) is 29.8 Å². The molecule has 0 saturated carbocycles. The number of sulfonamides is 1. The maximum atomic E-state index is 13.3. The normalized spacial score (nSPS) is 23.9. The summed E-state index contributed by atoms with van der Waals surface area (Å²) in [4.78, 5) is 0.372. The van der Waals surface area contributed by atoms with Crippen LogP contribution in [0.3, 0.4) is 0 Å². The molecule has 2 fully saturated rings. The minimum absolute atomic E-state index is 0. The summed E-state index contributed by atoms with van der Waals surface area (Å²) >= 11 is 0. The Bertz CT molecular complexity index is 872. The van der Waals surface area contributed by atoms with Crippen molar-refractivity contribution >= 4 is 33.2 Å². The van der Waals surface area contributed by atoms with Crippen molar-refractivity contribution in [2.24, 2.45) is 0 Å². The van der Waals surface area contributed by atoms with Gasteiger partial charge in [-0.15, -0.1) is 12.4 Å². The topological polar surface area (TPSA) is 58.6 Å². The number of nitrogens with zero attached hydrogens (tertiary/aromatic N) is 1. The summed E-state index contributed by atoms with van der Waals surface area (Å²) in [6.07, 6.45) is 3.09. The molecule has 2 aromatic rings. The number of halogens is 1. The minimum Gasteiger partial charge on any atom is -0.496 e. The van der Waals surface area contributed by atoms with Gasteiger partial charge in [-0.25, -0.2) is 8.42 Å². The molecule has 25 heavy (non-hydrogen) atoms. The van der Waals surface area contributed by atoms with E-state index in [2.05, 4.69) is 5.32 Å². The molecule has 5 nitrogen and oxygen atoms in total. The number of ether oxygens (including phenoxy) is 1. The smallest absolute Gasteiger partial charge is 0.243 e. The molecule has 0 spiro atoms. The van der Waals surface area contributed by atoms with Gasteiger partial charge in [0, 0.05) is 35.9 Å². The molecule has 2 bridgehead atoms. The summed E-state index contributed by atoms with van der Waals surface area (Å²) in [7, 11) is -1.92. The Balaban J connectivity index is 0.00000182. The van der Waals surface area contributed by atoms with Gasteiger partial charge >= 0.3 is 0 Å². The Hall–Kier alpha value is -1.34. The molecule has 1 N–H and O–H groups in total. The van der Waals surface area contributed by atoms with E-state index in [1.165, 1.54) is 0 Å². The lowest BCUT2D eigenvalue weighted by molar-refractivity contribution is 0.383. The van der Waals surface area contributed by atoms with Crippen molar-refractivity contribution < 1.29 is 13.2 Å². The van der Waals surface area contributed by atoms with Crippen molar-refractivity contribution in [3.8, 4) is 5.75 Å². The lowest BCUT2D eigenvalue weighted by Gasteiger charge is -2.24. The molecule has 136 valence electrons. The first-order valence-electron chi connectivity index (χ1n) is 8.41. The molecule has 2 heterocycles. The van der Waals surface area contributed by atoms with E-state index >= 15 is 0 Å². The third-order valence-corrected chi connectivity index (χ3v) is 7.09. The number of nitrogens with one attached hydrogen (secondary N) is 1. The van der Waals surface area contributed by atoms with Crippen molar-refractivity contribution in [3.05, 3.63) is 36.4 Å². The van der Waals surface area contributed by atoms with Gasteiger partial charge in [-0.3, -0.25) is 0 Å². The van der Waals surface area contributed by atoms with Gasteiger partial charge in [-0.05, 0) is 31.4 Å². The lowest BCUT2D eigenvalue weighted by atomic mass is 10.1. The van der Waals surface area contributed by atoms with Gasteiger partial charge in [0.2, 0.25) is 10.0 Å². The van der Waals surface area contributed by atoms with Crippen LogP contribution in [0.25, 0.3) is 10.8 Å². The molecule has 0 radical (unpaired) electrons. The van der Waals surface area contributed by atoms with Gasteiger partial charge < -0.3 is 10.1 Å². The van der Waals surface area contributed by atoms with Gasteiger partial charge in [0.25, 0.3) is 0 Å². The molecule has 2 unspecified atom stereocenters. The number of hydrogen-bond donors (Lipinski definition) is 1. The van der Waals surface area contributed by atoms with Crippen molar-refractivity contribution in [1.82, 2.24) is 9.62 Å². The highest BCUT2D eigenvalue weighted by atomic mass is 35.5. The zero-order chi connectivity index (χ0) is 16.7. The average Bonchev–Trinajstić information content (AvgIpc) is 2.92. The molecule has 4 rings (SSSR count). The Morgan fingerprint density at radius 1 is 1.04 bits per heavy atom. The van der Waals surface area contributed by atoms with E-state index in [1.807, 2.05) is 24.3 Å². The monoisotopic (exact) mass is 382 g/mol. The first kappa shape index (κ1) is 18.5. The molecular formula is C18H23ClN2O3S. The van der Waals surface area contributed by atoms with E-state index in [0.717, 1.165) is 30.0 Å². The second-order valence-electron chi connectivity index (χ2n) is 6.60. The second-order valence-corrected chi connectivity index (χ2v) is 8.51. The molecule has 2 aliphatic heterocycles. The van der Waals surface area contributed by atoms with E-state index in [9.17, 15) is 8.42 Å². The fourth-order valence-electron chi connectivity index (χ4n) is 3.92. The van der Waals surface area contributed by atoms with Crippen molar-refractivity contribution in [1.29, 1.82) is 0 Å². The third kappa shape index (κ3) is 3.24. The number of hydrogen-bond acceptors (Lipinski definition) is 4. The van der Waals surface area contributed by atoms with Crippen LogP contribution in [0.15, 0.2) is 41.3 Å². The van der Waals surface area contributed by atoms with Crippen LogP contribution in [0, 0.1) is 0 Å². The van der Waals surface area contributed by atoms with E-state index in [4.69, 9.17) is 4.74 Å². The van der Waals surface area contributed by atoms with Gasteiger partial charge in [0.15, 0.2) is 0 Å². The molecule has 2 saturated heterocycles. The van der Waals surface area contributed by atoms with Gasteiger partial charge in [-0.2, -0.15) is 4.31 Å². The van der Waals surface area contributed by atoms with E-state index < -0.39 is 10.0 Å². The predicted octanol–water partition coefficient (Wildman–Crippen LogP) is 2.79. The summed E-state index contributed by atoms with van der Waals surface area (Å²) in [6, 6.07) is 11.7. The quantitative estimate of drug-likeness (QED) is 0.886. The lowest BCUT2D eigenvalue weighted by Crippen LogP contribution is -2.39. The van der Waals surface area contributed by atoms with Crippen LogP contribution in [0.5, 0.6) is 5.75 Å². The Kier molecular flexibility index (Phi) is 5.25. The molecule has 0 amide bonds. The van der Waals surface area contributed by atoms with Crippen molar-refractivity contribution in [3.63, 3.8) is 0 Å². The first-order valence-corrected chi connectivity index (χ1v) is 9.85. The zero-order valence-electron chi connectivity index (χ0n) is 14.1. The SMILES string of the molecule is COc1ccc(S(=O)(=O)N2CCC3CCC(C2)N3)c2ccccc12.Cl.